The maximum Gasteiger partial charge on any atom is 0.389 e. The predicted octanol–water partition coefficient (Wildman–Crippen LogP) is 2.42. The molecule has 6 heteroatoms. The number of aliphatic hydroxyl groups is 1. The Kier molecular flexibility index (Phi) is 3.85. The smallest absolute Gasteiger partial charge is 0.384 e. The van der Waals surface area contributed by atoms with E-state index in [0.29, 0.717) is 0 Å². The van der Waals surface area contributed by atoms with E-state index in [9.17, 15) is 18.3 Å². The highest BCUT2D eigenvalue weighted by atomic mass is 19.4. The van der Waals surface area contributed by atoms with Gasteiger partial charge in [0, 0.05) is 18.8 Å². The van der Waals surface area contributed by atoms with Crippen molar-refractivity contribution in [1.29, 1.82) is 0 Å². The van der Waals surface area contributed by atoms with Crippen molar-refractivity contribution < 1.29 is 18.3 Å². The van der Waals surface area contributed by atoms with Crippen LogP contribution in [0.3, 0.4) is 0 Å². The van der Waals surface area contributed by atoms with Crippen molar-refractivity contribution in [3.63, 3.8) is 0 Å². The van der Waals surface area contributed by atoms with Crippen LogP contribution in [-0.2, 0) is 5.60 Å². The van der Waals surface area contributed by atoms with Crippen LogP contribution in [0.5, 0.6) is 0 Å². The summed E-state index contributed by atoms with van der Waals surface area (Å²) in [7, 11) is 0. The van der Waals surface area contributed by atoms with Gasteiger partial charge in [-0.1, -0.05) is 0 Å². The maximum absolute atomic E-state index is 11.9. The molecule has 0 aliphatic carbocycles. The zero-order chi connectivity index (χ0) is 12.2. The largest absolute Gasteiger partial charge is 0.389 e. The van der Waals surface area contributed by atoms with Gasteiger partial charge >= 0.3 is 6.18 Å². The molecule has 0 aliphatic heterocycles. The van der Waals surface area contributed by atoms with E-state index < -0.39 is 18.2 Å². The summed E-state index contributed by atoms with van der Waals surface area (Å²) in [6, 6.07) is 0. The Bertz CT molecular complexity index is 325. The lowest BCUT2D eigenvalue weighted by Gasteiger charge is -2.22. The van der Waals surface area contributed by atoms with Crippen LogP contribution in [0.2, 0.25) is 0 Å². The average molecular weight is 234 g/mol. The Balaban J connectivity index is 2.53. The highest BCUT2D eigenvalue weighted by Gasteiger charge is 2.30. The monoisotopic (exact) mass is 234 g/mol. The van der Waals surface area contributed by atoms with Gasteiger partial charge in [0.05, 0.1) is 11.9 Å². The molecule has 3 nitrogen and oxygen atoms in total. The van der Waals surface area contributed by atoms with E-state index in [2.05, 4.69) is 9.97 Å². The molecule has 1 N–H and O–H groups in total. The Hall–Kier alpha value is -1.17. The molecule has 90 valence electrons. The average Bonchev–Trinajstić information content (AvgIpc) is 2.17. The van der Waals surface area contributed by atoms with Gasteiger partial charge in [-0.3, -0.25) is 9.97 Å². The fraction of sp³-hybridized carbons (Fsp3) is 0.600. The van der Waals surface area contributed by atoms with E-state index in [1.165, 1.54) is 25.5 Å². The fourth-order valence-corrected chi connectivity index (χ4v) is 1.34. The van der Waals surface area contributed by atoms with E-state index in [4.69, 9.17) is 0 Å². The minimum Gasteiger partial charge on any atom is -0.384 e. The van der Waals surface area contributed by atoms with Crippen LogP contribution in [0, 0.1) is 0 Å². The molecule has 0 fully saturated rings. The summed E-state index contributed by atoms with van der Waals surface area (Å²) in [6.45, 7) is 1.44. The molecule has 0 amide bonds. The minimum absolute atomic E-state index is 0.00516. The first-order valence-corrected chi connectivity index (χ1v) is 4.87. The maximum atomic E-state index is 11.9. The second-order valence-corrected chi connectivity index (χ2v) is 3.83. The topological polar surface area (TPSA) is 46.0 Å². The number of hydrogen-bond donors (Lipinski definition) is 1. The molecule has 16 heavy (non-hydrogen) atoms. The van der Waals surface area contributed by atoms with Crippen molar-refractivity contribution >= 4 is 0 Å². The molecule has 0 aromatic carbocycles. The molecule has 0 saturated carbocycles. The van der Waals surface area contributed by atoms with Crippen molar-refractivity contribution in [2.75, 3.05) is 0 Å². The summed E-state index contributed by atoms with van der Waals surface area (Å²) in [5.41, 5.74) is -1.07. The number of alkyl halides is 3. The first kappa shape index (κ1) is 12.9. The zero-order valence-electron chi connectivity index (χ0n) is 8.83. The number of nitrogens with zero attached hydrogens (tertiary/aromatic N) is 2. The van der Waals surface area contributed by atoms with Gasteiger partial charge in [-0.25, -0.2) is 0 Å². The van der Waals surface area contributed by atoms with E-state index >= 15 is 0 Å². The van der Waals surface area contributed by atoms with Crippen LogP contribution in [-0.4, -0.2) is 21.3 Å². The van der Waals surface area contributed by atoms with E-state index in [-0.39, 0.29) is 18.5 Å². The highest BCUT2D eigenvalue weighted by Crippen LogP contribution is 2.28. The molecule has 0 spiro atoms. The van der Waals surface area contributed by atoms with Gasteiger partial charge in [0.2, 0.25) is 0 Å². The molecular weight excluding hydrogens is 221 g/mol. The third kappa shape index (κ3) is 4.14. The van der Waals surface area contributed by atoms with Crippen molar-refractivity contribution in [2.45, 2.75) is 38.0 Å². The van der Waals surface area contributed by atoms with Crippen LogP contribution in [0.25, 0.3) is 0 Å². The predicted molar refractivity (Wildman–Crippen MR) is 51.5 cm³/mol. The second-order valence-electron chi connectivity index (χ2n) is 3.83. The summed E-state index contributed by atoms with van der Waals surface area (Å²) >= 11 is 0. The molecule has 0 saturated heterocycles. The molecule has 1 unspecified atom stereocenters. The Morgan fingerprint density at radius 3 is 2.44 bits per heavy atom. The normalized spacial score (nSPS) is 15.8. The lowest BCUT2D eigenvalue weighted by atomic mass is 9.95. The summed E-state index contributed by atoms with van der Waals surface area (Å²) in [5, 5.41) is 9.91. The van der Waals surface area contributed by atoms with Gasteiger partial charge in [-0.2, -0.15) is 13.2 Å². The Morgan fingerprint density at radius 2 is 1.94 bits per heavy atom. The van der Waals surface area contributed by atoms with Gasteiger partial charge in [-0.15, -0.1) is 0 Å². The standard InChI is InChI=1S/C10H13F3N2O/c1-9(16,3-2-4-10(11,12)13)8-7-14-5-6-15-8/h5-7,16H,2-4H2,1H3. The van der Waals surface area contributed by atoms with Gasteiger partial charge in [0.1, 0.15) is 5.60 Å². The minimum atomic E-state index is -4.18. The SMILES string of the molecule is CC(O)(CCCC(F)(F)F)c1cnccn1. The lowest BCUT2D eigenvalue weighted by molar-refractivity contribution is -0.137. The number of hydrogen-bond acceptors (Lipinski definition) is 3. The molecule has 1 rings (SSSR count). The zero-order valence-corrected chi connectivity index (χ0v) is 8.83. The summed E-state index contributed by atoms with van der Waals surface area (Å²) < 4.78 is 35.8. The molecule has 0 radical (unpaired) electrons. The molecular formula is C10H13F3N2O. The van der Waals surface area contributed by atoms with Crippen LogP contribution in [0.4, 0.5) is 13.2 Å². The molecule has 1 aromatic rings. The van der Waals surface area contributed by atoms with E-state index in [1.807, 2.05) is 0 Å². The van der Waals surface area contributed by atoms with Crippen LogP contribution >= 0.6 is 0 Å². The van der Waals surface area contributed by atoms with E-state index in [0.717, 1.165) is 0 Å². The third-order valence-electron chi connectivity index (χ3n) is 2.24. The third-order valence-corrected chi connectivity index (χ3v) is 2.24. The van der Waals surface area contributed by atoms with Crippen molar-refractivity contribution in [1.82, 2.24) is 9.97 Å². The van der Waals surface area contributed by atoms with Crippen LogP contribution < -0.4 is 0 Å². The number of halogens is 3. The lowest BCUT2D eigenvalue weighted by Crippen LogP contribution is -2.23. The molecule has 1 heterocycles. The van der Waals surface area contributed by atoms with Gasteiger partial charge < -0.3 is 5.11 Å². The van der Waals surface area contributed by atoms with Gasteiger partial charge in [0.25, 0.3) is 0 Å². The Labute approximate surface area is 91.4 Å². The van der Waals surface area contributed by atoms with Crippen molar-refractivity contribution in [2.24, 2.45) is 0 Å². The van der Waals surface area contributed by atoms with Gasteiger partial charge in [0.15, 0.2) is 0 Å². The summed E-state index contributed by atoms with van der Waals surface area (Å²) in [6.07, 6.45) is -1.02. The van der Waals surface area contributed by atoms with E-state index in [1.54, 1.807) is 0 Å². The molecule has 0 bridgehead atoms. The highest BCUT2D eigenvalue weighted by molar-refractivity contribution is 5.05. The van der Waals surface area contributed by atoms with Crippen molar-refractivity contribution in [3.8, 4) is 0 Å². The first-order chi connectivity index (χ1) is 7.31. The molecule has 1 aromatic heterocycles. The van der Waals surface area contributed by atoms with Crippen LogP contribution in [0.15, 0.2) is 18.6 Å². The quantitative estimate of drug-likeness (QED) is 0.870. The fourth-order valence-electron chi connectivity index (χ4n) is 1.34. The first-order valence-electron chi connectivity index (χ1n) is 4.87. The summed E-state index contributed by atoms with van der Waals surface area (Å²) in [4.78, 5) is 7.63. The summed E-state index contributed by atoms with van der Waals surface area (Å²) in [5.74, 6) is 0. The van der Waals surface area contributed by atoms with Crippen molar-refractivity contribution in [3.05, 3.63) is 24.3 Å². The molecule has 1 atom stereocenters. The molecule has 0 aliphatic rings. The second kappa shape index (κ2) is 4.78. The van der Waals surface area contributed by atoms with Crippen LogP contribution in [0.1, 0.15) is 31.9 Å². The van der Waals surface area contributed by atoms with Gasteiger partial charge in [-0.05, 0) is 19.8 Å². The Morgan fingerprint density at radius 1 is 1.25 bits per heavy atom. The number of rotatable bonds is 4. The number of aromatic nitrogens is 2.